The third-order valence-corrected chi connectivity index (χ3v) is 4.78. The minimum atomic E-state index is 0.471. The monoisotopic (exact) mass is 297 g/mol. The van der Waals surface area contributed by atoms with E-state index in [1.54, 1.807) is 0 Å². The van der Waals surface area contributed by atoms with Gasteiger partial charge in [-0.05, 0) is 49.7 Å². The van der Waals surface area contributed by atoms with Crippen LogP contribution in [0.5, 0.6) is 0 Å². The van der Waals surface area contributed by atoms with Gasteiger partial charge in [-0.3, -0.25) is 14.6 Å². The molecule has 4 heterocycles. The summed E-state index contributed by atoms with van der Waals surface area (Å²) in [6.07, 6.45) is 8.40. The lowest BCUT2D eigenvalue weighted by molar-refractivity contribution is 0.139. The van der Waals surface area contributed by atoms with E-state index in [0.29, 0.717) is 6.04 Å². The average Bonchev–Trinajstić information content (AvgIpc) is 3.19. The molecule has 5 heteroatoms. The maximum atomic E-state index is 4.58. The maximum Gasteiger partial charge on any atom is 0.0776 e. The zero-order valence-electron chi connectivity index (χ0n) is 12.9. The molecule has 1 fully saturated rings. The number of aromatic nitrogens is 3. The van der Waals surface area contributed by atoms with Crippen molar-refractivity contribution < 1.29 is 0 Å². The van der Waals surface area contributed by atoms with Crippen LogP contribution in [0, 0.1) is 0 Å². The van der Waals surface area contributed by atoms with Gasteiger partial charge in [0, 0.05) is 44.8 Å². The first-order chi connectivity index (χ1) is 10.9. The van der Waals surface area contributed by atoms with Crippen LogP contribution < -0.4 is 0 Å². The molecule has 22 heavy (non-hydrogen) atoms. The van der Waals surface area contributed by atoms with Gasteiger partial charge in [0.1, 0.15) is 0 Å². The summed E-state index contributed by atoms with van der Waals surface area (Å²) in [7, 11) is 0. The van der Waals surface area contributed by atoms with E-state index in [2.05, 4.69) is 42.8 Å². The zero-order chi connectivity index (χ0) is 14.8. The Morgan fingerprint density at radius 3 is 2.64 bits per heavy atom. The minimum Gasteiger partial charge on any atom is -0.301 e. The molecule has 2 aliphatic rings. The molecule has 2 aromatic heterocycles. The van der Waals surface area contributed by atoms with Crippen LogP contribution in [0.4, 0.5) is 0 Å². The summed E-state index contributed by atoms with van der Waals surface area (Å²) in [5.74, 6) is 0. The summed E-state index contributed by atoms with van der Waals surface area (Å²) in [6, 6.07) is 6.86. The SMILES string of the molecule is c1cc(CN2Cc3ccnn3[C@H](CN3CCCC3)C2)ccn1. The number of nitrogens with zero attached hydrogens (tertiary/aromatic N) is 5. The van der Waals surface area contributed by atoms with E-state index in [-0.39, 0.29) is 0 Å². The summed E-state index contributed by atoms with van der Waals surface area (Å²) in [5.41, 5.74) is 2.67. The summed E-state index contributed by atoms with van der Waals surface area (Å²) in [6.45, 7) is 6.67. The second kappa shape index (κ2) is 6.18. The Kier molecular flexibility index (Phi) is 3.91. The molecule has 2 aromatic rings. The van der Waals surface area contributed by atoms with Crippen molar-refractivity contribution in [2.75, 3.05) is 26.2 Å². The second-order valence-corrected chi connectivity index (χ2v) is 6.45. The van der Waals surface area contributed by atoms with E-state index < -0.39 is 0 Å². The van der Waals surface area contributed by atoms with Gasteiger partial charge < -0.3 is 4.90 Å². The quantitative estimate of drug-likeness (QED) is 0.864. The van der Waals surface area contributed by atoms with Crippen molar-refractivity contribution in [1.29, 1.82) is 0 Å². The van der Waals surface area contributed by atoms with Crippen LogP contribution in [0.15, 0.2) is 36.8 Å². The van der Waals surface area contributed by atoms with E-state index in [1.165, 1.54) is 37.2 Å². The molecule has 5 nitrogen and oxygen atoms in total. The average molecular weight is 297 g/mol. The first-order valence-corrected chi connectivity index (χ1v) is 8.24. The highest BCUT2D eigenvalue weighted by Gasteiger charge is 2.27. The molecule has 1 atom stereocenters. The molecular formula is C17H23N5. The Labute approximate surface area is 131 Å². The molecule has 0 radical (unpaired) electrons. The topological polar surface area (TPSA) is 37.2 Å². The van der Waals surface area contributed by atoms with Crippen molar-refractivity contribution in [1.82, 2.24) is 24.6 Å². The Morgan fingerprint density at radius 1 is 1.00 bits per heavy atom. The summed E-state index contributed by atoms with van der Waals surface area (Å²) in [5, 5.41) is 4.58. The van der Waals surface area contributed by atoms with Crippen molar-refractivity contribution in [3.63, 3.8) is 0 Å². The highest BCUT2D eigenvalue weighted by molar-refractivity contribution is 5.11. The maximum absolute atomic E-state index is 4.58. The fourth-order valence-electron chi connectivity index (χ4n) is 3.73. The van der Waals surface area contributed by atoms with E-state index in [1.807, 2.05) is 18.6 Å². The Hall–Kier alpha value is -1.72. The summed E-state index contributed by atoms with van der Waals surface area (Å²) < 4.78 is 2.25. The van der Waals surface area contributed by atoms with Gasteiger partial charge in [-0.2, -0.15) is 5.10 Å². The minimum absolute atomic E-state index is 0.471. The van der Waals surface area contributed by atoms with Gasteiger partial charge in [0.2, 0.25) is 0 Å². The molecule has 0 unspecified atom stereocenters. The first-order valence-electron chi connectivity index (χ1n) is 8.24. The van der Waals surface area contributed by atoms with E-state index >= 15 is 0 Å². The van der Waals surface area contributed by atoms with Crippen molar-refractivity contribution >= 4 is 0 Å². The predicted octanol–water partition coefficient (Wildman–Crippen LogP) is 1.93. The third-order valence-electron chi connectivity index (χ3n) is 4.78. The van der Waals surface area contributed by atoms with Crippen LogP contribution in [0.25, 0.3) is 0 Å². The molecule has 0 saturated carbocycles. The van der Waals surface area contributed by atoms with Gasteiger partial charge in [0.25, 0.3) is 0 Å². The number of likely N-dealkylation sites (tertiary alicyclic amines) is 1. The number of pyridine rings is 1. The van der Waals surface area contributed by atoms with E-state index in [0.717, 1.165) is 26.2 Å². The van der Waals surface area contributed by atoms with Crippen molar-refractivity contribution in [2.24, 2.45) is 0 Å². The first kappa shape index (κ1) is 13.9. The van der Waals surface area contributed by atoms with Gasteiger partial charge in [-0.15, -0.1) is 0 Å². The summed E-state index contributed by atoms with van der Waals surface area (Å²) in [4.78, 5) is 9.23. The van der Waals surface area contributed by atoms with E-state index in [4.69, 9.17) is 0 Å². The van der Waals surface area contributed by atoms with Gasteiger partial charge in [-0.1, -0.05) is 0 Å². The molecular weight excluding hydrogens is 274 g/mol. The number of fused-ring (bicyclic) bond motifs is 1. The predicted molar refractivity (Wildman–Crippen MR) is 85.3 cm³/mol. The van der Waals surface area contributed by atoms with Crippen molar-refractivity contribution in [3.05, 3.63) is 48.0 Å². The van der Waals surface area contributed by atoms with Crippen LogP contribution in [-0.2, 0) is 13.1 Å². The molecule has 0 amide bonds. The summed E-state index contributed by atoms with van der Waals surface area (Å²) >= 11 is 0. The lowest BCUT2D eigenvalue weighted by atomic mass is 10.1. The molecule has 0 aromatic carbocycles. The Bertz CT molecular complexity index is 603. The molecule has 2 aliphatic heterocycles. The largest absolute Gasteiger partial charge is 0.301 e. The Morgan fingerprint density at radius 2 is 1.82 bits per heavy atom. The molecule has 0 N–H and O–H groups in total. The second-order valence-electron chi connectivity index (χ2n) is 6.45. The van der Waals surface area contributed by atoms with Crippen molar-refractivity contribution in [3.8, 4) is 0 Å². The molecule has 0 bridgehead atoms. The lowest BCUT2D eigenvalue weighted by Crippen LogP contribution is -2.42. The smallest absolute Gasteiger partial charge is 0.0776 e. The molecule has 1 saturated heterocycles. The highest BCUT2D eigenvalue weighted by Crippen LogP contribution is 2.24. The van der Waals surface area contributed by atoms with E-state index in [9.17, 15) is 0 Å². The number of hydrogen-bond acceptors (Lipinski definition) is 4. The number of rotatable bonds is 4. The highest BCUT2D eigenvalue weighted by atomic mass is 15.4. The molecule has 116 valence electrons. The molecule has 4 rings (SSSR count). The van der Waals surface area contributed by atoms with Crippen LogP contribution in [0.1, 0.15) is 30.1 Å². The zero-order valence-corrected chi connectivity index (χ0v) is 12.9. The Balaban J connectivity index is 1.49. The normalized spacial score (nSPS) is 22.8. The van der Waals surface area contributed by atoms with Crippen molar-refractivity contribution in [2.45, 2.75) is 32.0 Å². The molecule has 0 spiro atoms. The number of hydrogen-bond donors (Lipinski definition) is 0. The van der Waals surface area contributed by atoms with Gasteiger partial charge in [0.05, 0.1) is 11.7 Å². The van der Waals surface area contributed by atoms with Crippen LogP contribution in [0.2, 0.25) is 0 Å². The van der Waals surface area contributed by atoms with Crippen LogP contribution >= 0.6 is 0 Å². The fourth-order valence-corrected chi connectivity index (χ4v) is 3.73. The van der Waals surface area contributed by atoms with Crippen LogP contribution in [-0.4, -0.2) is 50.7 Å². The van der Waals surface area contributed by atoms with Gasteiger partial charge >= 0.3 is 0 Å². The van der Waals surface area contributed by atoms with Gasteiger partial charge in [-0.25, -0.2) is 0 Å². The fraction of sp³-hybridized carbons (Fsp3) is 0.529. The van der Waals surface area contributed by atoms with Crippen LogP contribution in [0.3, 0.4) is 0 Å². The molecule has 0 aliphatic carbocycles. The van der Waals surface area contributed by atoms with Gasteiger partial charge in [0.15, 0.2) is 0 Å². The third kappa shape index (κ3) is 2.91. The standard InChI is InChI=1S/C17H23N5/c1-2-10-20(9-1)13-17-14-21(11-15-3-6-18-7-4-15)12-16-5-8-19-22(16)17/h3-8,17H,1-2,9-14H2/t17-/m1/s1. The lowest BCUT2D eigenvalue weighted by Gasteiger charge is -2.35.